The summed E-state index contributed by atoms with van der Waals surface area (Å²) in [5.41, 5.74) is 0. The molecule has 1 nitrogen and oxygen atoms in total. The summed E-state index contributed by atoms with van der Waals surface area (Å²) in [5.74, 6) is 0. The van der Waals surface area contributed by atoms with Crippen LogP contribution in [0, 0.1) is 7.05 Å². The van der Waals surface area contributed by atoms with E-state index in [9.17, 15) is 0 Å². The van der Waals surface area contributed by atoms with Crippen molar-refractivity contribution >= 4 is 0 Å². The minimum atomic E-state index is 0.861. The molecule has 0 saturated heterocycles. The zero-order valence-electron chi connectivity index (χ0n) is 4.15. The predicted octanol–water partition coefficient (Wildman–Crippen LogP) is 0.896. The highest BCUT2D eigenvalue weighted by Gasteiger charge is 1.75. The Balaban J connectivity index is 2.81. The van der Waals surface area contributed by atoms with Gasteiger partial charge in [0, 0.05) is 13.6 Å². The monoisotopic (exact) mass is 84.1 g/mol. The molecule has 0 saturated carbocycles. The molecule has 0 unspecified atom stereocenters. The maximum atomic E-state index is 3.59. The third-order valence-electron chi connectivity index (χ3n) is 0.441. The van der Waals surface area contributed by atoms with Crippen molar-refractivity contribution in [3.8, 4) is 0 Å². The van der Waals surface area contributed by atoms with Gasteiger partial charge in [0.15, 0.2) is 0 Å². The van der Waals surface area contributed by atoms with E-state index in [1.54, 1.807) is 0 Å². The number of likely N-dealkylation sites (N-methyl/N-ethyl adjacent to an activating group) is 1. The van der Waals surface area contributed by atoms with Gasteiger partial charge in [0.2, 0.25) is 0 Å². The Morgan fingerprint density at radius 1 is 1.83 bits per heavy atom. The Hall–Kier alpha value is -0.300. The predicted molar refractivity (Wildman–Crippen MR) is 28.2 cm³/mol. The summed E-state index contributed by atoms with van der Waals surface area (Å²) < 4.78 is 0. The molecule has 35 valence electrons. The Bertz CT molecular complexity index is 39.2. The van der Waals surface area contributed by atoms with Crippen molar-refractivity contribution in [1.29, 1.82) is 0 Å². The van der Waals surface area contributed by atoms with Gasteiger partial charge >= 0.3 is 0 Å². The van der Waals surface area contributed by atoms with E-state index in [2.05, 4.69) is 13.6 Å². The number of hydrogen-bond acceptors (Lipinski definition) is 1. The van der Waals surface area contributed by atoms with Gasteiger partial charge < -0.3 is 4.90 Å². The largest absolute Gasteiger partial charge is 0.301 e. The van der Waals surface area contributed by atoms with Crippen molar-refractivity contribution in [2.24, 2.45) is 0 Å². The van der Waals surface area contributed by atoms with Crippen molar-refractivity contribution in [3.05, 3.63) is 19.7 Å². The minimum absolute atomic E-state index is 0.861. The van der Waals surface area contributed by atoms with E-state index >= 15 is 0 Å². The second-order valence-corrected chi connectivity index (χ2v) is 1.33. The normalized spacial score (nSPS) is 9.17. The van der Waals surface area contributed by atoms with Crippen LogP contribution in [0.5, 0.6) is 0 Å². The molecule has 6 heavy (non-hydrogen) atoms. The molecule has 0 aliphatic heterocycles. The smallest absolute Gasteiger partial charge is 0.0158 e. The fourth-order valence-corrected chi connectivity index (χ4v) is 0.220. The van der Waals surface area contributed by atoms with E-state index in [-0.39, 0.29) is 0 Å². The van der Waals surface area contributed by atoms with E-state index in [4.69, 9.17) is 0 Å². The fraction of sp³-hybridized carbons (Fsp3) is 0.400. The van der Waals surface area contributed by atoms with Gasteiger partial charge in [0.1, 0.15) is 0 Å². The van der Waals surface area contributed by atoms with Gasteiger partial charge in [-0.2, -0.15) is 0 Å². The summed E-state index contributed by atoms with van der Waals surface area (Å²) in [5, 5.41) is 0. The van der Waals surface area contributed by atoms with Gasteiger partial charge in [-0.1, -0.05) is 6.08 Å². The summed E-state index contributed by atoms with van der Waals surface area (Å²) in [7, 11) is 5.49. The lowest BCUT2D eigenvalue weighted by Crippen LogP contribution is -2.06. The van der Waals surface area contributed by atoms with Crippen LogP contribution in [0.15, 0.2) is 12.7 Å². The highest BCUT2D eigenvalue weighted by atomic mass is 15.0. The van der Waals surface area contributed by atoms with Crippen LogP contribution in [0.1, 0.15) is 0 Å². The van der Waals surface area contributed by atoms with Crippen LogP contribution in [-0.4, -0.2) is 18.5 Å². The summed E-state index contributed by atoms with van der Waals surface area (Å²) in [6, 6.07) is 0. The number of hydrogen-bond donors (Lipinski definition) is 0. The van der Waals surface area contributed by atoms with Gasteiger partial charge in [-0.3, -0.25) is 0 Å². The van der Waals surface area contributed by atoms with Gasteiger partial charge in [-0.15, -0.1) is 6.58 Å². The molecule has 1 heteroatoms. The first-order valence-corrected chi connectivity index (χ1v) is 1.90. The average molecular weight is 84.1 g/mol. The molecule has 0 aromatic heterocycles. The van der Waals surface area contributed by atoms with Crippen LogP contribution >= 0.6 is 0 Å². The molecule has 0 amide bonds. The molecule has 0 N–H and O–H groups in total. The first-order valence-electron chi connectivity index (χ1n) is 1.90. The van der Waals surface area contributed by atoms with Crippen LogP contribution in [0.4, 0.5) is 0 Å². The van der Waals surface area contributed by atoms with E-state index in [0.29, 0.717) is 0 Å². The standard InChI is InChI=1S/C5H10N/c1-4-5-6(2)3/h4H,1-2,5H2,3H3. The summed E-state index contributed by atoms with van der Waals surface area (Å²) in [6.45, 7) is 4.38. The molecule has 0 aliphatic rings. The van der Waals surface area contributed by atoms with Crippen molar-refractivity contribution < 1.29 is 0 Å². The van der Waals surface area contributed by atoms with Crippen LogP contribution in [0.25, 0.3) is 0 Å². The van der Waals surface area contributed by atoms with E-state index < -0.39 is 0 Å². The zero-order valence-corrected chi connectivity index (χ0v) is 4.15. The fourth-order valence-electron chi connectivity index (χ4n) is 0.220. The maximum absolute atomic E-state index is 3.59. The molecule has 1 radical (unpaired) electrons. The average Bonchev–Trinajstić information content (AvgIpc) is 1.35. The Kier molecular flexibility index (Phi) is 2.77. The second kappa shape index (κ2) is 2.91. The molecule has 0 rings (SSSR count). The molecule has 0 aromatic carbocycles. The Morgan fingerprint density at radius 3 is 2.33 bits per heavy atom. The molecule has 0 aromatic rings. The third-order valence-corrected chi connectivity index (χ3v) is 0.441. The maximum Gasteiger partial charge on any atom is 0.0158 e. The Labute approximate surface area is 39.3 Å². The molecular formula is C5H10N. The minimum Gasteiger partial charge on any atom is -0.301 e. The first-order chi connectivity index (χ1) is 2.77. The van der Waals surface area contributed by atoms with Crippen LogP contribution in [0.3, 0.4) is 0 Å². The molecule has 0 fully saturated rings. The SMILES string of the molecule is [CH2]N(C)CC=C. The van der Waals surface area contributed by atoms with Crippen LogP contribution in [0.2, 0.25) is 0 Å². The zero-order chi connectivity index (χ0) is 4.99. The lowest BCUT2D eigenvalue weighted by atomic mass is 10.6. The van der Waals surface area contributed by atoms with Gasteiger partial charge in [-0.05, 0) is 7.05 Å². The Morgan fingerprint density at radius 2 is 2.33 bits per heavy atom. The summed E-state index contributed by atoms with van der Waals surface area (Å²) >= 11 is 0. The summed E-state index contributed by atoms with van der Waals surface area (Å²) in [6.07, 6.45) is 1.81. The number of nitrogens with zero attached hydrogens (tertiary/aromatic N) is 1. The van der Waals surface area contributed by atoms with Gasteiger partial charge in [0.05, 0.1) is 0 Å². The molecule has 0 spiro atoms. The lowest BCUT2D eigenvalue weighted by Gasteiger charge is -2.00. The van der Waals surface area contributed by atoms with E-state index in [0.717, 1.165) is 6.54 Å². The quantitative estimate of drug-likeness (QED) is 0.449. The molecule has 0 bridgehead atoms. The van der Waals surface area contributed by atoms with Crippen molar-refractivity contribution in [2.75, 3.05) is 13.6 Å². The highest BCUT2D eigenvalue weighted by molar-refractivity contribution is 4.69. The number of rotatable bonds is 2. The van der Waals surface area contributed by atoms with Gasteiger partial charge in [-0.25, -0.2) is 0 Å². The highest BCUT2D eigenvalue weighted by Crippen LogP contribution is 1.72. The molecule has 0 heterocycles. The van der Waals surface area contributed by atoms with Crippen molar-refractivity contribution in [3.63, 3.8) is 0 Å². The molecular weight excluding hydrogens is 74.1 g/mol. The second-order valence-electron chi connectivity index (χ2n) is 1.33. The van der Waals surface area contributed by atoms with Crippen molar-refractivity contribution in [1.82, 2.24) is 4.90 Å². The lowest BCUT2D eigenvalue weighted by molar-refractivity contribution is 0.504. The van der Waals surface area contributed by atoms with Crippen molar-refractivity contribution in [2.45, 2.75) is 0 Å². The van der Waals surface area contributed by atoms with E-state index in [1.807, 2.05) is 18.0 Å². The molecule has 0 aliphatic carbocycles. The first kappa shape index (κ1) is 5.70. The van der Waals surface area contributed by atoms with Crippen LogP contribution in [-0.2, 0) is 0 Å². The molecule has 0 atom stereocenters. The van der Waals surface area contributed by atoms with Crippen LogP contribution < -0.4 is 0 Å². The van der Waals surface area contributed by atoms with Gasteiger partial charge in [0.25, 0.3) is 0 Å². The van der Waals surface area contributed by atoms with E-state index in [1.165, 1.54) is 0 Å². The topological polar surface area (TPSA) is 3.24 Å². The summed E-state index contributed by atoms with van der Waals surface area (Å²) in [4.78, 5) is 1.81. The third kappa shape index (κ3) is 3.70.